The fraction of sp³-hybridized carbons (Fsp3) is 0.0556. The minimum Gasteiger partial charge on any atom is -0.322 e. The van der Waals surface area contributed by atoms with Gasteiger partial charge in [-0.25, -0.2) is 8.42 Å². The van der Waals surface area contributed by atoms with Crippen LogP contribution in [0.3, 0.4) is 0 Å². The average Bonchev–Trinajstić information content (AvgIpc) is 3.22. The van der Waals surface area contributed by atoms with Crippen LogP contribution in [-0.4, -0.2) is 35.6 Å². The second kappa shape index (κ2) is 7.82. The maximum atomic E-state index is 12.5. The Morgan fingerprint density at radius 1 is 1.11 bits per heavy atom. The number of nitrogens with one attached hydrogen (secondary N) is 2. The van der Waals surface area contributed by atoms with Crippen molar-refractivity contribution in [2.75, 3.05) is 11.9 Å². The third-order valence-corrected chi connectivity index (χ3v) is 4.99. The highest BCUT2D eigenvalue weighted by Crippen LogP contribution is 2.17. The number of hydrogen-bond donors (Lipinski definition) is 2. The monoisotopic (exact) mass is 381 g/mol. The summed E-state index contributed by atoms with van der Waals surface area (Å²) in [6.45, 7) is -0.130. The number of nitrogens with zero attached hydrogens (tertiary/aromatic N) is 3. The summed E-state index contributed by atoms with van der Waals surface area (Å²) in [6.07, 6.45) is 8.15. The molecular formula is C18H15N5O3S. The minimum absolute atomic E-state index is 0.0383. The van der Waals surface area contributed by atoms with Gasteiger partial charge in [0.1, 0.15) is 12.7 Å². The summed E-state index contributed by atoms with van der Waals surface area (Å²) in [5.41, 5.74) is 1.52. The minimum atomic E-state index is -3.78. The molecule has 8 nitrogen and oxygen atoms in total. The average molecular weight is 381 g/mol. The topological polar surface area (TPSA) is 106 Å². The molecule has 1 aromatic heterocycles. The molecular weight excluding hydrogens is 366 g/mol. The number of anilines is 1. The number of sulfonamides is 1. The lowest BCUT2D eigenvalue weighted by molar-refractivity contribution is 0.102. The van der Waals surface area contributed by atoms with E-state index in [0.29, 0.717) is 5.69 Å². The van der Waals surface area contributed by atoms with E-state index in [1.165, 1.54) is 24.3 Å². The van der Waals surface area contributed by atoms with Crippen molar-refractivity contribution in [3.63, 3.8) is 0 Å². The van der Waals surface area contributed by atoms with Crippen molar-refractivity contribution in [3.8, 4) is 18.0 Å². The van der Waals surface area contributed by atoms with Crippen LogP contribution in [0.15, 0.2) is 66.1 Å². The molecule has 3 rings (SSSR count). The Bertz CT molecular complexity index is 1100. The molecule has 0 bridgehead atoms. The van der Waals surface area contributed by atoms with Gasteiger partial charge in [-0.3, -0.25) is 9.36 Å². The number of carbonyl (C=O) groups excluding carboxylic acids is 1. The van der Waals surface area contributed by atoms with Gasteiger partial charge < -0.3 is 5.32 Å². The molecule has 0 unspecified atom stereocenters. The van der Waals surface area contributed by atoms with Crippen LogP contribution in [0.2, 0.25) is 0 Å². The molecule has 0 aliphatic rings. The van der Waals surface area contributed by atoms with E-state index in [0.717, 1.165) is 5.69 Å². The van der Waals surface area contributed by atoms with E-state index in [2.05, 4.69) is 26.2 Å². The largest absolute Gasteiger partial charge is 0.322 e. The number of carbonyl (C=O) groups is 1. The van der Waals surface area contributed by atoms with Crippen molar-refractivity contribution in [2.24, 2.45) is 0 Å². The number of amides is 1. The third-order valence-electron chi connectivity index (χ3n) is 3.59. The highest BCUT2D eigenvalue weighted by molar-refractivity contribution is 7.89. The zero-order valence-electron chi connectivity index (χ0n) is 14.0. The Balaban J connectivity index is 1.80. The zero-order valence-corrected chi connectivity index (χ0v) is 14.8. The third kappa shape index (κ3) is 4.38. The Kier molecular flexibility index (Phi) is 5.30. The molecule has 3 aromatic rings. The van der Waals surface area contributed by atoms with Gasteiger partial charge in [0.05, 0.1) is 17.1 Å². The second-order valence-electron chi connectivity index (χ2n) is 5.43. The molecule has 0 spiro atoms. The summed E-state index contributed by atoms with van der Waals surface area (Å²) in [6, 6.07) is 12.8. The maximum absolute atomic E-state index is 12.5. The quantitative estimate of drug-likeness (QED) is 0.629. The number of hydrogen-bond acceptors (Lipinski definition) is 5. The van der Waals surface area contributed by atoms with Crippen molar-refractivity contribution >= 4 is 21.6 Å². The second-order valence-corrected chi connectivity index (χ2v) is 7.20. The van der Waals surface area contributed by atoms with Gasteiger partial charge in [-0.05, 0) is 36.4 Å². The van der Waals surface area contributed by atoms with E-state index in [1.807, 2.05) is 6.07 Å². The Labute approximate surface area is 156 Å². The van der Waals surface area contributed by atoms with E-state index in [9.17, 15) is 13.2 Å². The molecule has 0 fully saturated rings. The van der Waals surface area contributed by atoms with E-state index in [1.54, 1.807) is 35.4 Å². The Morgan fingerprint density at radius 3 is 2.59 bits per heavy atom. The van der Waals surface area contributed by atoms with Crippen LogP contribution in [0.5, 0.6) is 0 Å². The van der Waals surface area contributed by atoms with Crippen LogP contribution < -0.4 is 10.0 Å². The predicted molar refractivity (Wildman–Crippen MR) is 99.8 cm³/mol. The number of terminal acetylenes is 1. The van der Waals surface area contributed by atoms with Crippen molar-refractivity contribution in [2.45, 2.75) is 4.90 Å². The predicted octanol–water partition coefficient (Wildman–Crippen LogP) is 1.43. The standard InChI is InChI=1S/C18H15N5O3S/c1-2-9-21-27(25,26)17-8-3-5-14(10-17)18(24)22-15-6-4-7-16(11-15)23-12-19-20-13-23/h1,3-8,10-13,21H,9H2,(H,22,24). The Hall–Kier alpha value is -3.48. The van der Waals surface area contributed by atoms with Crippen LogP contribution in [0.4, 0.5) is 5.69 Å². The molecule has 1 amide bonds. The van der Waals surface area contributed by atoms with Crippen LogP contribution in [-0.2, 0) is 10.0 Å². The van der Waals surface area contributed by atoms with Gasteiger partial charge in [0, 0.05) is 11.3 Å². The van der Waals surface area contributed by atoms with Gasteiger partial charge in [0.2, 0.25) is 10.0 Å². The molecule has 0 radical (unpaired) electrons. The first-order chi connectivity index (χ1) is 13.0. The molecule has 27 heavy (non-hydrogen) atoms. The molecule has 0 aliphatic carbocycles. The van der Waals surface area contributed by atoms with Crippen LogP contribution >= 0.6 is 0 Å². The number of benzene rings is 2. The van der Waals surface area contributed by atoms with E-state index < -0.39 is 15.9 Å². The van der Waals surface area contributed by atoms with Crippen LogP contribution in [0, 0.1) is 12.3 Å². The van der Waals surface area contributed by atoms with Gasteiger partial charge in [-0.15, -0.1) is 16.6 Å². The lowest BCUT2D eigenvalue weighted by atomic mass is 10.2. The Morgan fingerprint density at radius 2 is 1.85 bits per heavy atom. The van der Waals surface area contributed by atoms with Gasteiger partial charge in [-0.2, -0.15) is 4.72 Å². The normalized spacial score (nSPS) is 10.9. The first kappa shape index (κ1) is 18.3. The molecule has 2 N–H and O–H groups in total. The highest BCUT2D eigenvalue weighted by Gasteiger charge is 2.15. The molecule has 136 valence electrons. The van der Waals surface area contributed by atoms with Crippen LogP contribution in [0.25, 0.3) is 5.69 Å². The molecule has 0 saturated carbocycles. The smallest absolute Gasteiger partial charge is 0.255 e. The van der Waals surface area contributed by atoms with Gasteiger partial charge in [0.25, 0.3) is 5.91 Å². The van der Waals surface area contributed by atoms with Gasteiger partial charge in [-0.1, -0.05) is 18.1 Å². The molecule has 1 heterocycles. The first-order valence-electron chi connectivity index (χ1n) is 7.79. The van der Waals surface area contributed by atoms with E-state index in [4.69, 9.17) is 6.42 Å². The maximum Gasteiger partial charge on any atom is 0.255 e. The highest BCUT2D eigenvalue weighted by atomic mass is 32.2. The zero-order chi connectivity index (χ0) is 19.3. The SMILES string of the molecule is C#CCNS(=O)(=O)c1cccc(C(=O)Nc2cccc(-n3cnnc3)c2)c1. The summed E-state index contributed by atoms with van der Waals surface area (Å²) >= 11 is 0. The molecule has 0 aliphatic heterocycles. The molecule has 0 saturated heterocycles. The van der Waals surface area contributed by atoms with E-state index >= 15 is 0 Å². The lowest BCUT2D eigenvalue weighted by Crippen LogP contribution is -2.24. The lowest BCUT2D eigenvalue weighted by Gasteiger charge is -2.09. The van der Waals surface area contributed by atoms with Gasteiger partial charge >= 0.3 is 0 Å². The fourth-order valence-electron chi connectivity index (χ4n) is 2.31. The van der Waals surface area contributed by atoms with E-state index in [-0.39, 0.29) is 17.0 Å². The number of aromatic nitrogens is 3. The molecule has 0 atom stereocenters. The summed E-state index contributed by atoms with van der Waals surface area (Å²) in [5, 5.41) is 10.2. The first-order valence-corrected chi connectivity index (χ1v) is 9.27. The van der Waals surface area contributed by atoms with Crippen molar-refractivity contribution in [1.29, 1.82) is 0 Å². The van der Waals surface area contributed by atoms with Crippen LogP contribution in [0.1, 0.15) is 10.4 Å². The van der Waals surface area contributed by atoms with Gasteiger partial charge in [0.15, 0.2) is 0 Å². The molecule has 9 heteroatoms. The summed E-state index contributed by atoms with van der Waals surface area (Å²) in [4.78, 5) is 12.5. The summed E-state index contributed by atoms with van der Waals surface area (Å²) < 4.78 is 28.2. The summed E-state index contributed by atoms with van der Waals surface area (Å²) in [7, 11) is -3.78. The molecule has 2 aromatic carbocycles. The fourth-order valence-corrected chi connectivity index (χ4v) is 3.29. The van der Waals surface area contributed by atoms with Crippen molar-refractivity contribution in [1.82, 2.24) is 19.5 Å². The summed E-state index contributed by atoms with van der Waals surface area (Å²) in [5.74, 6) is 1.76. The van der Waals surface area contributed by atoms with Crippen molar-refractivity contribution in [3.05, 3.63) is 66.7 Å². The van der Waals surface area contributed by atoms with Crippen molar-refractivity contribution < 1.29 is 13.2 Å². The number of rotatable bonds is 6.